The van der Waals surface area contributed by atoms with Crippen LogP contribution in [0.15, 0.2) is 48.5 Å². The highest BCUT2D eigenvalue weighted by Gasteiger charge is 2.40. The zero-order valence-corrected chi connectivity index (χ0v) is 16.4. The molecule has 5 nitrogen and oxygen atoms in total. The van der Waals surface area contributed by atoms with Crippen molar-refractivity contribution in [1.82, 2.24) is 0 Å². The van der Waals surface area contributed by atoms with Gasteiger partial charge in [-0.2, -0.15) is 0 Å². The average molecular weight is 484 g/mol. The van der Waals surface area contributed by atoms with Gasteiger partial charge in [-0.25, -0.2) is 9.29 Å². The van der Waals surface area contributed by atoms with Crippen LogP contribution in [-0.4, -0.2) is 28.7 Å². The van der Waals surface area contributed by atoms with E-state index in [4.69, 9.17) is 0 Å². The van der Waals surface area contributed by atoms with Gasteiger partial charge in [-0.15, -0.1) is 11.8 Å². The zero-order valence-electron chi connectivity index (χ0n) is 13.4. The quantitative estimate of drug-likeness (QED) is 0.522. The summed E-state index contributed by atoms with van der Waals surface area (Å²) in [6.07, 6.45) is 0.0583. The number of benzene rings is 2. The van der Waals surface area contributed by atoms with Crippen LogP contribution in [0.25, 0.3) is 0 Å². The number of halogens is 2. The summed E-state index contributed by atoms with van der Waals surface area (Å²) in [5.41, 5.74) is 0.887. The average Bonchev–Trinajstić information content (AvgIpc) is 2.88. The van der Waals surface area contributed by atoms with E-state index in [9.17, 15) is 18.8 Å². The van der Waals surface area contributed by atoms with E-state index in [1.165, 1.54) is 18.2 Å². The Balaban J connectivity index is 1.59. The Kier molecular flexibility index (Phi) is 5.92. The van der Waals surface area contributed by atoms with Crippen molar-refractivity contribution in [3.8, 4) is 0 Å². The Hall–Kier alpha value is -1.94. The largest absolute Gasteiger partial charge is 0.325 e. The molecule has 0 saturated carbocycles. The summed E-state index contributed by atoms with van der Waals surface area (Å²) in [7, 11) is 0. The lowest BCUT2D eigenvalue weighted by atomic mass is 10.3. The van der Waals surface area contributed by atoms with Gasteiger partial charge in [0, 0.05) is 15.7 Å². The molecule has 1 N–H and O–H groups in total. The molecule has 3 rings (SSSR count). The van der Waals surface area contributed by atoms with Gasteiger partial charge in [-0.1, -0.05) is 6.07 Å². The van der Waals surface area contributed by atoms with Crippen LogP contribution in [0.1, 0.15) is 6.42 Å². The molecule has 1 aliphatic rings. The molecule has 2 aromatic carbocycles. The van der Waals surface area contributed by atoms with Gasteiger partial charge in [0.25, 0.3) is 0 Å². The molecular formula is C18H14FIN2O3S. The molecule has 0 aromatic heterocycles. The van der Waals surface area contributed by atoms with E-state index >= 15 is 0 Å². The van der Waals surface area contributed by atoms with Crippen molar-refractivity contribution in [2.45, 2.75) is 11.7 Å². The molecular weight excluding hydrogens is 470 g/mol. The van der Waals surface area contributed by atoms with Crippen molar-refractivity contribution in [3.63, 3.8) is 0 Å². The molecule has 2 aromatic rings. The highest BCUT2D eigenvalue weighted by Crippen LogP contribution is 2.30. The molecule has 0 radical (unpaired) electrons. The van der Waals surface area contributed by atoms with Gasteiger partial charge in [-0.05, 0) is 65.1 Å². The lowest BCUT2D eigenvalue weighted by Crippen LogP contribution is -2.31. The van der Waals surface area contributed by atoms with Crippen molar-refractivity contribution < 1.29 is 18.8 Å². The highest BCUT2D eigenvalue weighted by atomic mass is 127. The second-order valence-electron chi connectivity index (χ2n) is 5.61. The summed E-state index contributed by atoms with van der Waals surface area (Å²) in [4.78, 5) is 37.9. The monoisotopic (exact) mass is 484 g/mol. The first kappa shape index (κ1) is 18.8. The van der Waals surface area contributed by atoms with Gasteiger partial charge in [0.1, 0.15) is 5.82 Å². The van der Waals surface area contributed by atoms with E-state index < -0.39 is 11.1 Å². The first-order valence-electron chi connectivity index (χ1n) is 7.73. The Morgan fingerprint density at radius 1 is 1.23 bits per heavy atom. The van der Waals surface area contributed by atoms with Crippen LogP contribution in [0.3, 0.4) is 0 Å². The number of carbonyl (C=O) groups excluding carboxylic acids is 3. The van der Waals surface area contributed by atoms with E-state index in [1.54, 1.807) is 18.2 Å². The molecule has 0 spiro atoms. The van der Waals surface area contributed by atoms with Gasteiger partial charge in [0.2, 0.25) is 17.7 Å². The maximum Gasteiger partial charge on any atom is 0.247 e. The number of thioether (sulfide) groups is 1. The van der Waals surface area contributed by atoms with Gasteiger partial charge >= 0.3 is 0 Å². The second-order valence-corrected chi connectivity index (χ2v) is 8.04. The number of carbonyl (C=O) groups is 3. The number of nitrogens with zero attached hydrogens (tertiary/aromatic N) is 1. The number of nitrogens with one attached hydrogen (secondary N) is 1. The lowest BCUT2D eigenvalue weighted by Gasteiger charge is -2.15. The normalized spacial score (nSPS) is 16.8. The summed E-state index contributed by atoms with van der Waals surface area (Å²) in [6.45, 7) is 0. The maximum absolute atomic E-state index is 13.1. The number of imide groups is 1. The Bertz CT molecular complexity index is 860. The summed E-state index contributed by atoms with van der Waals surface area (Å²) < 4.78 is 14.1. The van der Waals surface area contributed by atoms with Crippen LogP contribution in [-0.2, 0) is 14.4 Å². The summed E-state index contributed by atoms with van der Waals surface area (Å²) in [5, 5.41) is 1.97. The zero-order chi connectivity index (χ0) is 18.7. The molecule has 1 aliphatic heterocycles. The maximum atomic E-state index is 13.1. The van der Waals surface area contributed by atoms with Gasteiger partial charge in [0.15, 0.2) is 0 Å². The lowest BCUT2D eigenvalue weighted by molar-refractivity contribution is -0.121. The molecule has 0 aliphatic carbocycles. The number of anilines is 2. The summed E-state index contributed by atoms with van der Waals surface area (Å²) in [6, 6.07) is 12.7. The number of hydrogen-bond acceptors (Lipinski definition) is 4. The Morgan fingerprint density at radius 2 is 1.96 bits per heavy atom. The smallest absolute Gasteiger partial charge is 0.247 e. The van der Waals surface area contributed by atoms with Gasteiger partial charge in [0.05, 0.1) is 16.7 Å². The fourth-order valence-electron chi connectivity index (χ4n) is 2.54. The van der Waals surface area contributed by atoms with Crippen molar-refractivity contribution in [3.05, 3.63) is 57.9 Å². The second kappa shape index (κ2) is 8.17. The topological polar surface area (TPSA) is 66.5 Å². The summed E-state index contributed by atoms with van der Waals surface area (Å²) in [5.74, 6) is -1.39. The van der Waals surface area contributed by atoms with Crippen molar-refractivity contribution in [1.29, 1.82) is 0 Å². The molecule has 26 heavy (non-hydrogen) atoms. The predicted molar refractivity (Wildman–Crippen MR) is 108 cm³/mol. The predicted octanol–water partition coefficient (Wildman–Crippen LogP) is 3.43. The van der Waals surface area contributed by atoms with Crippen LogP contribution in [0, 0.1) is 9.39 Å². The third kappa shape index (κ3) is 4.42. The third-order valence-electron chi connectivity index (χ3n) is 3.71. The van der Waals surface area contributed by atoms with Crippen LogP contribution >= 0.6 is 34.4 Å². The molecule has 1 saturated heterocycles. The summed E-state index contributed by atoms with van der Waals surface area (Å²) >= 11 is 3.26. The third-order valence-corrected chi connectivity index (χ3v) is 5.63. The Morgan fingerprint density at radius 3 is 2.65 bits per heavy atom. The first-order chi connectivity index (χ1) is 12.4. The van der Waals surface area contributed by atoms with Crippen molar-refractivity contribution >= 4 is 63.4 Å². The fourth-order valence-corrected chi connectivity index (χ4v) is 3.83. The molecule has 1 heterocycles. The minimum Gasteiger partial charge on any atom is -0.325 e. The van der Waals surface area contributed by atoms with Crippen LogP contribution in [0.5, 0.6) is 0 Å². The minimum absolute atomic E-state index is 0.000722. The molecule has 8 heteroatoms. The van der Waals surface area contributed by atoms with Crippen LogP contribution in [0.2, 0.25) is 0 Å². The van der Waals surface area contributed by atoms with Crippen LogP contribution < -0.4 is 10.2 Å². The fraction of sp³-hybridized carbons (Fsp3) is 0.167. The minimum atomic E-state index is -0.597. The van der Waals surface area contributed by atoms with Gasteiger partial charge in [-0.3, -0.25) is 14.4 Å². The van der Waals surface area contributed by atoms with Crippen molar-refractivity contribution in [2.75, 3.05) is 16.0 Å². The van der Waals surface area contributed by atoms with E-state index in [0.29, 0.717) is 11.4 Å². The SMILES string of the molecule is O=C(CSC1CC(=O)N(c2ccc(I)cc2)C1=O)Nc1cccc(F)c1. The van der Waals surface area contributed by atoms with E-state index in [0.717, 1.165) is 20.2 Å². The molecule has 1 atom stereocenters. The van der Waals surface area contributed by atoms with Gasteiger partial charge < -0.3 is 5.32 Å². The molecule has 1 fully saturated rings. The molecule has 134 valence electrons. The van der Waals surface area contributed by atoms with Crippen molar-refractivity contribution in [2.24, 2.45) is 0 Å². The van der Waals surface area contributed by atoms with Crippen LogP contribution in [0.4, 0.5) is 15.8 Å². The number of rotatable bonds is 5. The molecule has 1 unspecified atom stereocenters. The standard InChI is InChI=1S/C18H14FIN2O3S/c19-11-2-1-3-13(8-11)21-16(23)10-26-15-9-17(24)22(18(15)25)14-6-4-12(20)5-7-14/h1-8,15H,9-10H2,(H,21,23). The van der Waals surface area contributed by atoms with E-state index in [2.05, 4.69) is 27.9 Å². The van der Waals surface area contributed by atoms with E-state index in [1.807, 2.05) is 12.1 Å². The Labute approximate surface area is 167 Å². The highest BCUT2D eigenvalue weighted by molar-refractivity contribution is 14.1. The molecule has 3 amide bonds. The number of amides is 3. The van der Waals surface area contributed by atoms with E-state index in [-0.39, 0.29) is 29.9 Å². The first-order valence-corrected chi connectivity index (χ1v) is 9.86. The molecule has 0 bridgehead atoms. The number of hydrogen-bond donors (Lipinski definition) is 1.